The second-order valence-corrected chi connectivity index (χ2v) is 5.06. The van der Waals surface area contributed by atoms with Crippen molar-refractivity contribution in [2.45, 2.75) is 13.3 Å². The van der Waals surface area contributed by atoms with E-state index in [1.165, 1.54) is 19.1 Å². The number of imide groups is 1. The van der Waals surface area contributed by atoms with Crippen LogP contribution in [0.5, 0.6) is 0 Å². The van der Waals surface area contributed by atoms with Crippen molar-refractivity contribution in [1.29, 1.82) is 0 Å². The molecule has 0 aromatic rings. The lowest BCUT2D eigenvalue weighted by Crippen LogP contribution is -2.33. The van der Waals surface area contributed by atoms with E-state index < -0.39 is 0 Å². The molecule has 0 unspecified atom stereocenters. The van der Waals surface area contributed by atoms with Gasteiger partial charge in [-0.1, -0.05) is 0 Å². The van der Waals surface area contributed by atoms with Gasteiger partial charge in [0.1, 0.15) is 5.78 Å². The summed E-state index contributed by atoms with van der Waals surface area (Å²) in [6.07, 6.45) is 2.93. The van der Waals surface area contributed by atoms with Crippen molar-refractivity contribution in [3.63, 3.8) is 0 Å². The average Bonchev–Trinajstić information content (AvgIpc) is 2.86. The molecule has 8 nitrogen and oxygen atoms in total. The molecule has 0 saturated carbocycles. The minimum atomic E-state index is -0.303. The lowest BCUT2D eigenvalue weighted by molar-refractivity contribution is -0.137. The predicted octanol–water partition coefficient (Wildman–Crippen LogP) is -0.0431. The monoisotopic (exact) mass is 343 g/mol. The predicted molar refractivity (Wildman–Crippen MR) is 84.4 cm³/mol. The number of hydrogen-bond acceptors (Lipinski definition) is 7. The molecule has 8 heteroatoms. The highest BCUT2D eigenvalue weighted by molar-refractivity contribution is 6.12. The highest BCUT2D eigenvalue weighted by Crippen LogP contribution is 2.02. The Morgan fingerprint density at radius 2 is 1.21 bits per heavy atom. The number of carbonyl (C=O) groups is 3. The first-order chi connectivity index (χ1) is 11.6. The Morgan fingerprint density at radius 1 is 0.792 bits per heavy atom. The summed E-state index contributed by atoms with van der Waals surface area (Å²) in [6.45, 7) is 5.12. The quantitative estimate of drug-likeness (QED) is 0.304. The Balaban J connectivity index is 1.77. The molecule has 0 atom stereocenters. The number of ketones is 1. The van der Waals surface area contributed by atoms with E-state index in [9.17, 15) is 14.4 Å². The van der Waals surface area contributed by atoms with Crippen LogP contribution in [-0.2, 0) is 33.3 Å². The third kappa shape index (κ3) is 9.51. The Bertz CT molecular complexity index is 418. The van der Waals surface area contributed by atoms with Gasteiger partial charge in [-0.2, -0.15) is 0 Å². The number of Topliss-reactive ketones (excluding diaryl/α,β-unsaturated/α-hetero) is 1. The summed E-state index contributed by atoms with van der Waals surface area (Å²) in [4.78, 5) is 34.3. The van der Waals surface area contributed by atoms with Crippen LogP contribution in [0, 0.1) is 0 Å². The van der Waals surface area contributed by atoms with Crippen LogP contribution in [-0.4, -0.2) is 81.9 Å². The maximum atomic E-state index is 11.3. The first kappa shape index (κ1) is 20.4. The summed E-state index contributed by atoms with van der Waals surface area (Å²) in [5.74, 6) is -0.494. The van der Waals surface area contributed by atoms with Crippen LogP contribution >= 0.6 is 0 Å². The van der Waals surface area contributed by atoms with Gasteiger partial charge in [0.05, 0.1) is 59.4 Å². The maximum absolute atomic E-state index is 11.3. The van der Waals surface area contributed by atoms with Crippen LogP contribution in [0.15, 0.2) is 12.2 Å². The Hall–Kier alpha value is -1.61. The van der Waals surface area contributed by atoms with Gasteiger partial charge in [0.15, 0.2) is 0 Å². The number of carbonyl (C=O) groups excluding carboxylic acids is 3. The fraction of sp³-hybridized carbons (Fsp3) is 0.688. The third-order valence-corrected chi connectivity index (χ3v) is 3.07. The second kappa shape index (κ2) is 12.8. The molecule has 0 aromatic carbocycles. The lowest BCUT2D eigenvalue weighted by Gasteiger charge is -2.13. The molecule has 0 aliphatic carbocycles. The largest absolute Gasteiger partial charge is 0.379 e. The molecule has 0 spiro atoms. The fourth-order valence-corrected chi connectivity index (χ4v) is 1.79. The van der Waals surface area contributed by atoms with Crippen molar-refractivity contribution >= 4 is 17.6 Å². The number of rotatable bonds is 15. The van der Waals surface area contributed by atoms with Crippen molar-refractivity contribution in [2.75, 3.05) is 59.4 Å². The van der Waals surface area contributed by atoms with Gasteiger partial charge in [0, 0.05) is 18.6 Å². The van der Waals surface area contributed by atoms with E-state index in [0.29, 0.717) is 52.7 Å². The van der Waals surface area contributed by atoms with E-state index in [2.05, 4.69) is 0 Å². The van der Waals surface area contributed by atoms with Gasteiger partial charge in [0.25, 0.3) is 11.8 Å². The van der Waals surface area contributed by atoms with Crippen LogP contribution in [0.25, 0.3) is 0 Å². The molecule has 0 radical (unpaired) electrons. The van der Waals surface area contributed by atoms with E-state index in [4.69, 9.17) is 18.9 Å². The van der Waals surface area contributed by atoms with Gasteiger partial charge in [-0.3, -0.25) is 19.3 Å². The van der Waals surface area contributed by atoms with Gasteiger partial charge < -0.3 is 18.9 Å². The van der Waals surface area contributed by atoms with Crippen molar-refractivity contribution in [3.8, 4) is 0 Å². The summed E-state index contributed by atoms with van der Waals surface area (Å²) in [5, 5.41) is 0. The standard InChI is InChI=1S/C16H25NO7/c1-14(18)4-6-21-8-10-23-12-13-24-11-9-22-7-5-17-15(19)2-3-16(17)20/h2-3H,4-13H2,1H3. The lowest BCUT2D eigenvalue weighted by atomic mass is 10.3. The van der Waals surface area contributed by atoms with E-state index in [0.717, 1.165) is 4.90 Å². The highest BCUT2D eigenvalue weighted by Gasteiger charge is 2.22. The molecule has 0 bridgehead atoms. The van der Waals surface area contributed by atoms with E-state index in [1.54, 1.807) is 0 Å². The molecule has 1 aliphatic rings. The average molecular weight is 343 g/mol. The summed E-state index contributed by atoms with van der Waals surface area (Å²) in [7, 11) is 0. The van der Waals surface area contributed by atoms with E-state index in [1.807, 2.05) is 0 Å². The normalized spacial score (nSPS) is 14.0. The molecule has 2 amide bonds. The summed E-state index contributed by atoms with van der Waals surface area (Å²) < 4.78 is 21.1. The van der Waals surface area contributed by atoms with Crippen LogP contribution in [0.2, 0.25) is 0 Å². The molecule has 24 heavy (non-hydrogen) atoms. The zero-order chi connectivity index (χ0) is 17.6. The molecule has 1 rings (SSSR count). The number of nitrogens with zero attached hydrogens (tertiary/aromatic N) is 1. The van der Waals surface area contributed by atoms with E-state index >= 15 is 0 Å². The maximum Gasteiger partial charge on any atom is 0.253 e. The fourth-order valence-electron chi connectivity index (χ4n) is 1.79. The van der Waals surface area contributed by atoms with E-state index in [-0.39, 0.29) is 30.7 Å². The van der Waals surface area contributed by atoms with Crippen molar-refractivity contribution < 1.29 is 33.3 Å². The highest BCUT2D eigenvalue weighted by atomic mass is 16.6. The van der Waals surface area contributed by atoms with Crippen LogP contribution < -0.4 is 0 Å². The Labute approximate surface area is 141 Å². The third-order valence-electron chi connectivity index (χ3n) is 3.07. The number of ether oxygens (including phenoxy) is 4. The van der Waals surface area contributed by atoms with Crippen LogP contribution in [0.1, 0.15) is 13.3 Å². The molecular formula is C16H25NO7. The second-order valence-electron chi connectivity index (χ2n) is 5.06. The summed E-state index contributed by atoms with van der Waals surface area (Å²) in [6, 6.07) is 0. The zero-order valence-electron chi connectivity index (χ0n) is 14.0. The summed E-state index contributed by atoms with van der Waals surface area (Å²) >= 11 is 0. The van der Waals surface area contributed by atoms with Crippen molar-refractivity contribution in [1.82, 2.24) is 4.90 Å². The van der Waals surface area contributed by atoms with Gasteiger partial charge in [-0.05, 0) is 6.92 Å². The van der Waals surface area contributed by atoms with Gasteiger partial charge >= 0.3 is 0 Å². The molecule has 0 aromatic heterocycles. The Kier molecular flexibility index (Phi) is 10.9. The molecule has 0 fully saturated rings. The van der Waals surface area contributed by atoms with Crippen LogP contribution in [0.3, 0.4) is 0 Å². The SMILES string of the molecule is CC(=O)CCOCCOCCOCCOCCN1C(=O)C=CC1=O. The molecule has 0 N–H and O–H groups in total. The minimum absolute atomic E-state index is 0.113. The van der Waals surface area contributed by atoms with Gasteiger partial charge in [-0.15, -0.1) is 0 Å². The Morgan fingerprint density at radius 3 is 1.67 bits per heavy atom. The molecule has 1 aliphatic heterocycles. The smallest absolute Gasteiger partial charge is 0.253 e. The zero-order valence-corrected chi connectivity index (χ0v) is 14.0. The number of amides is 2. The first-order valence-corrected chi connectivity index (χ1v) is 7.95. The molecule has 0 saturated heterocycles. The minimum Gasteiger partial charge on any atom is -0.379 e. The molecule has 1 heterocycles. The first-order valence-electron chi connectivity index (χ1n) is 7.95. The van der Waals surface area contributed by atoms with Crippen LogP contribution in [0.4, 0.5) is 0 Å². The van der Waals surface area contributed by atoms with Gasteiger partial charge in [-0.25, -0.2) is 0 Å². The summed E-state index contributed by atoms with van der Waals surface area (Å²) in [5.41, 5.74) is 0. The number of hydrogen-bond donors (Lipinski definition) is 0. The molecule has 136 valence electrons. The topological polar surface area (TPSA) is 91.4 Å². The van der Waals surface area contributed by atoms with Crippen molar-refractivity contribution in [2.24, 2.45) is 0 Å². The molecular weight excluding hydrogens is 318 g/mol. The van der Waals surface area contributed by atoms with Crippen molar-refractivity contribution in [3.05, 3.63) is 12.2 Å². The van der Waals surface area contributed by atoms with Gasteiger partial charge in [0.2, 0.25) is 0 Å².